The van der Waals surface area contributed by atoms with Gasteiger partial charge >= 0.3 is 0 Å². The normalized spacial score (nSPS) is 11.4. The summed E-state index contributed by atoms with van der Waals surface area (Å²) in [6.07, 6.45) is 0. The van der Waals surface area contributed by atoms with E-state index in [2.05, 4.69) is 15.8 Å². The molecule has 1 heterocycles. The zero-order valence-electron chi connectivity index (χ0n) is 11.7. The van der Waals surface area contributed by atoms with Crippen molar-refractivity contribution in [2.45, 2.75) is 13.8 Å². The Balaban J connectivity index is 2.31. The van der Waals surface area contributed by atoms with Gasteiger partial charge < -0.3 is 14.5 Å². The first-order valence-corrected chi connectivity index (χ1v) is 6.74. The molecule has 0 amide bonds. The standard InChI is InChI=1S/C14H17N3O2S/c1-4-18-11-7-5-6-10-8-12(19-13(10)11)9(2)16-17-14(20)15-3/h5-8H,4H2,1-3H3,(H2,15,17,20)/b16-9-. The van der Waals surface area contributed by atoms with Crippen LogP contribution < -0.4 is 15.5 Å². The third-order valence-corrected chi connectivity index (χ3v) is 3.01. The van der Waals surface area contributed by atoms with Crippen LogP contribution in [0.4, 0.5) is 0 Å². The minimum absolute atomic E-state index is 0.454. The summed E-state index contributed by atoms with van der Waals surface area (Å²) >= 11 is 4.96. The number of benzene rings is 1. The van der Waals surface area contributed by atoms with E-state index < -0.39 is 0 Å². The molecule has 1 aromatic heterocycles. The highest BCUT2D eigenvalue weighted by Crippen LogP contribution is 2.28. The van der Waals surface area contributed by atoms with Crippen molar-refractivity contribution in [2.75, 3.05) is 13.7 Å². The van der Waals surface area contributed by atoms with E-state index >= 15 is 0 Å². The van der Waals surface area contributed by atoms with Crippen molar-refractivity contribution in [3.63, 3.8) is 0 Å². The molecular formula is C14H17N3O2S. The summed E-state index contributed by atoms with van der Waals surface area (Å²) in [5, 5.41) is 8.39. The molecule has 2 N–H and O–H groups in total. The molecule has 2 aromatic rings. The average Bonchev–Trinajstić information content (AvgIpc) is 2.89. The van der Waals surface area contributed by atoms with Crippen LogP contribution in [-0.2, 0) is 0 Å². The van der Waals surface area contributed by atoms with E-state index in [1.54, 1.807) is 7.05 Å². The van der Waals surface area contributed by atoms with Gasteiger partial charge in [0, 0.05) is 12.4 Å². The maximum atomic E-state index is 5.82. The van der Waals surface area contributed by atoms with Crippen LogP contribution in [-0.4, -0.2) is 24.5 Å². The maximum Gasteiger partial charge on any atom is 0.186 e. The molecule has 106 valence electrons. The van der Waals surface area contributed by atoms with Gasteiger partial charge in [0.2, 0.25) is 0 Å². The third-order valence-electron chi connectivity index (χ3n) is 2.72. The lowest BCUT2D eigenvalue weighted by atomic mass is 10.2. The molecule has 0 fully saturated rings. The van der Waals surface area contributed by atoms with Gasteiger partial charge in [-0.05, 0) is 38.2 Å². The maximum absolute atomic E-state index is 5.82. The minimum atomic E-state index is 0.454. The molecule has 20 heavy (non-hydrogen) atoms. The Morgan fingerprint density at radius 1 is 1.45 bits per heavy atom. The Bertz CT molecular complexity index is 649. The van der Waals surface area contributed by atoms with Crippen LogP contribution in [0.25, 0.3) is 11.0 Å². The van der Waals surface area contributed by atoms with E-state index in [0.717, 1.165) is 16.7 Å². The number of fused-ring (bicyclic) bond motifs is 1. The topological polar surface area (TPSA) is 58.8 Å². The smallest absolute Gasteiger partial charge is 0.186 e. The van der Waals surface area contributed by atoms with Crippen molar-refractivity contribution in [3.8, 4) is 5.75 Å². The van der Waals surface area contributed by atoms with Gasteiger partial charge in [0.15, 0.2) is 22.2 Å². The lowest BCUT2D eigenvalue weighted by Crippen LogP contribution is -2.29. The van der Waals surface area contributed by atoms with Crippen LogP contribution in [0.2, 0.25) is 0 Å². The van der Waals surface area contributed by atoms with E-state index in [4.69, 9.17) is 21.4 Å². The first kappa shape index (κ1) is 14.3. The molecule has 0 saturated heterocycles. The highest BCUT2D eigenvalue weighted by Gasteiger charge is 2.10. The molecule has 0 aliphatic heterocycles. The first-order valence-electron chi connectivity index (χ1n) is 6.33. The predicted molar refractivity (Wildman–Crippen MR) is 84.4 cm³/mol. The number of furan rings is 1. The number of para-hydroxylation sites is 1. The van der Waals surface area contributed by atoms with Gasteiger partial charge in [-0.2, -0.15) is 5.10 Å². The predicted octanol–water partition coefficient (Wildman–Crippen LogP) is 2.65. The third kappa shape index (κ3) is 3.08. The molecule has 0 aliphatic rings. The summed E-state index contributed by atoms with van der Waals surface area (Å²) in [6, 6.07) is 7.73. The second kappa shape index (κ2) is 6.38. The molecule has 1 aromatic carbocycles. The minimum Gasteiger partial charge on any atom is -0.490 e. The second-order valence-electron chi connectivity index (χ2n) is 4.11. The van der Waals surface area contributed by atoms with Gasteiger partial charge in [0.05, 0.1) is 6.61 Å². The highest BCUT2D eigenvalue weighted by molar-refractivity contribution is 7.80. The lowest BCUT2D eigenvalue weighted by Gasteiger charge is -2.03. The number of nitrogens with zero attached hydrogens (tertiary/aromatic N) is 1. The second-order valence-corrected chi connectivity index (χ2v) is 4.51. The molecule has 0 aliphatic carbocycles. The van der Waals surface area contributed by atoms with Crippen LogP contribution in [0.5, 0.6) is 5.75 Å². The summed E-state index contributed by atoms with van der Waals surface area (Å²) < 4.78 is 11.4. The van der Waals surface area contributed by atoms with Crippen molar-refractivity contribution >= 4 is 34.0 Å². The van der Waals surface area contributed by atoms with E-state index in [1.807, 2.05) is 38.1 Å². The van der Waals surface area contributed by atoms with Crippen LogP contribution in [0.1, 0.15) is 19.6 Å². The molecule has 6 heteroatoms. The largest absolute Gasteiger partial charge is 0.490 e. The molecule has 5 nitrogen and oxygen atoms in total. The Kier molecular flexibility index (Phi) is 4.57. The quantitative estimate of drug-likeness (QED) is 0.515. The lowest BCUT2D eigenvalue weighted by molar-refractivity contribution is 0.338. The molecular weight excluding hydrogens is 274 g/mol. The van der Waals surface area contributed by atoms with Gasteiger partial charge in [-0.1, -0.05) is 12.1 Å². The SMILES string of the molecule is CCOc1cccc2cc(/C(C)=N\NC(=S)NC)oc12. The first-order chi connectivity index (χ1) is 9.65. The van der Waals surface area contributed by atoms with Crippen LogP contribution in [0.15, 0.2) is 33.8 Å². The number of nitrogens with one attached hydrogen (secondary N) is 2. The number of hydrogen-bond donors (Lipinski definition) is 2. The summed E-state index contributed by atoms with van der Waals surface area (Å²) in [7, 11) is 1.73. The Morgan fingerprint density at radius 3 is 2.95 bits per heavy atom. The highest BCUT2D eigenvalue weighted by atomic mass is 32.1. The zero-order valence-corrected chi connectivity index (χ0v) is 12.5. The molecule has 0 unspecified atom stereocenters. The summed E-state index contributed by atoms with van der Waals surface area (Å²) in [6.45, 7) is 4.39. The summed E-state index contributed by atoms with van der Waals surface area (Å²) in [4.78, 5) is 0. The number of rotatable bonds is 4. The van der Waals surface area contributed by atoms with E-state index in [0.29, 0.717) is 23.2 Å². The molecule has 2 rings (SSSR count). The molecule has 0 radical (unpaired) electrons. The number of hydrazone groups is 1. The average molecular weight is 291 g/mol. The van der Waals surface area contributed by atoms with E-state index in [9.17, 15) is 0 Å². The number of thiocarbonyl (C=S) groups is 1. The zero-order chi connectivity index (χ0) is 14.5. The van der Waals surface area contributed by atoms with Crippen molar-refractivity contribution < 1.29 is 9.15 Å². The molecule has 0 bridgehead atoms. The van der Waals surface area contributed by atoms with Gasteiger partial charge in [0.25, 0.3) is 0 Å². The summed E-state index contributed by atoms with van der Waals surface area (Å²) in [5.41, 5.74) is 4.17. The Labute approximate surface area is 123 Å². The van der Waals surface area contributed by atoms with Crippen LogP contribution >= 0.6 is 12.2 Å². The molecule has 0 spiro atoms. The number of ether oxygens (including phenoxy) is 1. The van der Waals surface area contributed by atoms with Gasteiger partial charge in [-0.25, -0.2) is 0 Å². The van der Waals surface area contributed by atoms with Gasteiger partial charge in [0.1, 0.15) is 5.71 Å². The van der Waals surface area contributed by atoms with Crippen LogP contribution in [0.3, 0.4) is 0 Å². The van der Waals surface area contributed by atoms with Crippen LogP contribution in [0, 0.1) is 0 Å². The van der Waals surface area contributed by atoms with Crippen molar-refractivity contribution in [1.29, 1.82) is 0 Å². The van der Waals surface area contributed by atoms with Crippen molar-refractivity contribution in [1.82, 2.24) is 10.7 Å². The fraction of sp³-hybridized carbons (Fsp3) is 0.286. The van der Waals surface area contributed by atoms with Gasteiger partial charge in [-0.15, -0.1) is 0 Å². The molecule has 0 atom stereocenters. The Hall–Kier alpha value is -2.08. The van der Waals surface area contributed by atoms with Gasteiger partial charge in [-0.3, -0.25) is 5.43 Å². The van der Waals surface area contributed by atoms with E-state index in [1.165, 1.54) is 0 Å². The summed E-state index contributed by atoms with van der Waals surface area (Å²) in [5.74, 6) is 1.42. The number of hydrogen-bond acceptors (Lipinski definition) is 4. The van der Waals surface area contributed by atoms with E-state index in [-0.39, 0.29) is 0 Å². The Morgan fingerprint density at radius 2 is 2.25 bits per heavy atom. The fourth-order valence-corrected chi connectivity index (χ4v) is 1.78. The monoisotopic (exact) mass is 291 g/mol. The molecule has 0 saturated carbocycles. The van der Waals surface area contributed by atoms with Crippen molar-refractivity contribution in [3.05, 3.63) is 30.0 Å². The fourth-order valence-electron chi connectivity index (χ4n) is 1.73. The van der Waals surface area contributed by atoms with Crippen molar-refractivity contribution in [2.24, 2.45) is 5.10 Å².